The first kappa shape index (κ1) is 15.1. The van der Waals surface area contributed by atoms with E-state index in [4.69, 9.17) is 4.52 Å². The first-order valence-electron chi connectivity index (χ1n) is 7.94. The first-order valence-corrected chi connectivity index (χ1v) is 8.82. The summed E-state index contributed by atoms with van der Waals surface area (Å²) in [5.41, 5.74) is 0. The summed E-state index contributed by atoms with van der Waals surface area (Å²) in [6, 6.07) is 4.04. The van der Waals surface area contributed by atoms with Gasteiger partial charge in [0.1, 0.15) is 5.82 Å². The molecule has 24 heavy (non-hydrogen) atoms. The van der Waals surface area contributed by atoms with Crippen LogP contribution in [0.3, 0.4) is 0 Å². The van der Waals surface area contributed by atoms with Gasteiger partial charge in [0.05, 0.1) is 4.88 Å². The maximum absolute atomic E-state index is 12.1. The van der Waals surface area contributed by atoms with Gasteiger partial charge in [0.25, 0.3) is 0 Å². The molecule has 4 heterocycles. The van der Waals surface area contributed by atoms with Crippen LogP contribution in [0.1, 0.15) is 24.6 Å². The summed E-state index contributed by atoms with van der Waals surface area (Å²) in [7, 11) is 0. The van der Waals surface area contributed by atoms with E-state index in [-0.39, 0.29) is 11.9 Å². The van der Waals surface area contributed by atoms with Crippen LogP contribution in [0.15, 0.2) is 34.4 Å². The number of thiophene rings is 1. The monoisotopic (exact) mass is 343 g/mol. The third-order valence-electron chi connectivity index (χ3n) is 4.08. The predicted molar refractivity (Wildman–Crippen MR) is 88.4 cm³/mol. The van der Waals surface area contributed by atoms with Gasteiger partial charge in [-0.15, -0.1) is 11.3 Å². The average Bonchev–Trinajstić information content (AvgIpc) is 3.32. The van der Waals surface area contributed by atoms with E-state index in [0.717, 1.165) is 30.1 Å². The van der Waals surface area contributed by atoms with Gasteiger partial charge in [-0.1, -0.05) is 11.2 Å². The second kappa shape index (κ2) is 6.56. The van der Waals surface area contributed by atoms with Gasteiger partial charge in [0, 0.05) is 44.2 Å². The number of aryl methyl sites for hydroxylation is 2. The van der Waals surface area contributed by atoms with Gasteiger partial charge in [-0.2, -0.15) is 4.98 Å². The Morgan fingerprint density at radius 3 is 3.33 bits per heavy atom. The van der Waals surface area contributed by atoms with Crippen molar-refractivity contribution >= 4 is 17.2 Å². The van der Waals surface area contributed by atoms with Gasteiger partial charge < -0.3 is 14.4 Å². The maximum Gasteiger partial charge on any atom is 0.227 e. The van der Waals surface area contributed by atoms with Crippen molar-refractivity contribution in [2.24, 2.45) is 0 Å². The number of nitrogens with zero attached hydrogens (tertiary/aromatic N) is 4. The van der Waals surface area contributed by atoms with Gasteiger partial charge in [-0.05, 0) is 17.9 Å². The molecule has 4 rings (SSSR count). The lowest BCUT2D eigenvalue weighted by Crippen LogP contribution is -2.41. The fourth-order valence-corrected chi connectivity index (χ4v) is 3.52. The molecule has 1 amide bonds. The van der Waals surface area contributed by atoms with E-state index >= 15 is 0 Å². The van der Waals surface area contributed by atoms with Gasteiger partial charge in [-0.3, -0.25) is 4.79 Å². The molecule has 8 heteroatoms. The van der Waals surface area contributed by atoms with Crippen LogP contribution in [-0.4, -0.2) is 31.6 Å². The van der Waals surface area contributed by atoms with Crippen molar-refractivity contribution in [1.29, 1.82) is 0 Å². The van der Waals surface area contributed by atoms with E-state index in [0.29, 0.717) is 24.6 Å². The minimum Gasteiger partial charge on any atom is -0.352 e. The van der Waals surface area contributed by atoms with Crippen LogP contribution in [0.2, 0.25) is 0 Å². The van der Waals surface area contributed by atoms with Crippen molar-refractivity contribution in [1.82, 2.24) is 25.0 Å². The third kappa shape index (κ3) is 3.23. The summed E-state index contributed by atoms with van der Waals surface area (Å²) >= 11 is 1.56. The number of carbonyl (C=O) groups excluding carboxylic acids is 1. The molecule has 3 aromatic rings. The molecule has 3 aromatic heterocycles. The molecule has 0 unspecified atom stereocenters. The zero-order chi connectivity index (χ0) is 16.4. The molecule has 1 aliphatic rings. The van der Waals surface area contributed by atoms with Crippen molar-refractivity contribution in [3.8, 4) is 10.7 Å². The highest BCUT2D eigenvalue weighted by atomic mass is 32.1. The lowest BCUT2D eigenvalue weighted by atomic mass is 10.1. The molecular formula is C16H17N5O2S. The number of hydrogen-bond donors (Lipinski definition) is 1. The Bertz CT molecular complexity index is 823. The number of nitrogens with one attached hydrogen (secondary N) is 1. The largest absolute Gasteiger partial charge is 0.352 e. The predicted octanol–water partition coefficient (Wildman–Crippen LogP) is 2.06. The summed E-state index contributed by atoms with van der Waals surface area (Å²) in [5.74, 6) is 2.18. The van der Waals surface area contributed by atoms with Gasteiger partial charge in [0.15, 0.2) is 0 Å². The number of hydrogen-bond acceptors (Lipinski definition) is 6. The molecule has 0 spiro atoms. The first-order chi connectivity index (χ1) is 11.8. The van der Waals surface area contributed by atoms with Gasteiger partial charge >= 0.3 is 0 Å². The Balaban J connectivity index is 1.28. The zero-order valence-electron chi connectivity index (χ0n) is 13.0. The molecule has 0 saturated heterocycles. The number of rotatable bonds is 5. The summed E-state index contributed by atoms with van der Waals surface area (Å²) < 4.78 is 7.32. The Morgan fingerprint density at radius 1 is 1.50 bits per heavy atom. The van der Waals surface area contributed by atoms with Crippen molar-refractivity contribution < 1.29 is 9.32 Å². The fraction of sp³-hybridized carbons (Fsp3) is 0.375. The van der Waals surface area contributed by atoms with E-state index in [1.807, 2.05) is 23.7 Å². The number of fused-ring (bicyclic) bond motifs is 1. The molecule has 0 bridgehead atoms. The standard InChI is InChI=1S/C16H17N5O2S/c22-14(18-11-3-4-13-17-7-8-21(13)10-11)5-6-15-19-16(20-23-15)12-2-1-9-24-12/h1-2,7-9,11H,3-6,10H2,(H,18,22)/t11-/m1/s1. The highest BCUT2D eigenvalue weighted by Crippen LogP contribution is 2.21. The summed E-state index contributed by atoms with van der Waals surface area (Å²) in [5, 5.41) is 9.00. The van der Waals surface area contributed by atoms with Crippen molar-refractivity contribution in [3.05, 3.63) is 41.6 Å². The van der Waals surface area contributed by atoms with Crippen molar-refractivity contribution in [2.75, 3.05) is 0 Å². The van der Waals surface area contributed by atoms with E-state index in [1.54, 1.807) is 17.5 Å². The quantitative estimate of drug-likeness (QED) is 0.766. The highest BCUT2D eigenvalue weighted by molar-refractivity contribution is 7.13. The zero-order valence-corrected chi connectivity index (χ0v) is 13.8. The lowest BCUT2D eigenvalue weighted by molar-refractivity contribution is -0.122. The van der Waals surface area contributed by atoms with E-state index in [2.05, 4.69) is 25.0 Å². The lowest BCUT2D eigenvalue weighted by Gasteiger charge is -2.24. The smallest absolute Gasteiger partial charge is 0.227 e. The van der Waals surface area contributed by atoms with Crippen LogP contribution in [0, 0.1) is 0 Å². The fourth-order valence-electron chi connectivity index (χ4n) is 2.87. The molecule has 0 aromatic carbocycles. The number of carbonyl (C=O) groups is 1. The minimum atomic E-state index is 0.0134. The van der Waals surface area contributed by atoms with Crippen molar-refractivity contribution in [3.63, 3.8) is 0 Å². The van der Waals surface area contributed by atoms with Crippen LogP contribution in [0.5, 0.6) is 0 Å². The normalized spacial score (nSPS) is 16.8. The van der Waals surface area contributed by atoms with Crippen LogP contribution >= 0.6 is 11.3 Å². The molecular weight excluding hydrogens is 326 g/mol. The average molecular weight is 343 g/mol. The number of amides is 1. The summed E-state index contributed by atoms with van der Waals surface area (Å²) in [6.07, 6.45) is 6.38. The SMILES string of the molecule is O=C(CCc1nc(-c2cccs2)no1)N[C@@H]1CCc2nccn2C1. The second-order valence-electron chi connectivity index (χ2n) is 5.79. The summed E-state index contributed by atoms with van der Waals surface area (Å²) in [6.45, 7) is 0.782. The van der Waals surface area contributed by atoms with E-state index in [9.17, 15) is 4.79 Å². The molecule has 0 aliphatic carbocycles. The van der Waals surface area contributed by atoms with Crippen LogP contribution < -0.4 is 5.32 Å². The Kier molecular flexibility index (Phi) is 4.12. The van der Waals surface area contributed by atoms with Gasteiger partial charge in [0.2, 0.25) is 17.6 Å². The molecule has 7 nitrogen and oxygen atoms in total. The van der Waals surface area contributed by atoms with Crippen LogP contribution in [-0.2, 0) is 24.2 Å². The third-order valence-corrected chi connectivity index (χ3v) is 4.94. The van der Waals surface area contributed by atoms with Crippen LogP contribution in [0.25, 0.3) is 10.7 Å². The van der Waals surface area contributed by atoms with E-state index < -0.39 is 0 Å². The Morgan fingerprint density at radius 2 is 2.46 bits per heavy atom. The maximum atomic E-state index is 12.1. The van der Waals surface area contributed by atoms with Gasteiger partial charge in [-0.25, -0.2) is 4.98 Å². The Hall–Kier alpha value is -2.48. The minimum absolute atomic E-state index is 0.0134. The molecule has 1 atom stereocenters. The van der Waals surface area contributed by atoms with Crippen LogP contribution in [0.4, 0.5) is 0 Å². The Labute approximate surface area is 142 Å². The summed E-state index contributed by atoms with van der Waals surface area (Å²) in [4.78, 5) is 21.7. The molecule has 0 fully saturated rings. The highest BCUT2D eigenvalue weighted by Gasteiger charge is 2.20. The molecule has 124 valence electrons. The van der Waals surface area contributed by atoms with Crippen molar-refractivity contribution in [2.45, 2.75) is 38.3 Å². The van der Waals surface area contributed by atoms with E-state index in [1.165, 1.54) is 0 Å². The number of imidazole rings is 1. The molecule has 1 N–H and O–H groups in total. The molecule has 0 radical (unpaired) electrons. The topological polar surface area (TPSA) is 85.8 Å². The molecule has 0 saturated carbocycles. The second-order valence-corrected chi connectivity index (χ2v) is 6.74. The number of aromatic nitrogens is 4. The molecule has 1 aliphatic heterocycles.